The van der Waals surface area contributed by atoms with Crippen molar-refractivity contribution in [3.05, 3.63) is 52.5 Å². The van der Waals surface area contributed by atoms with Gasteiger partial charge in [-0.15, -0.1) is 11.3 Å². The fourth-order valence-corrected chi connectivity index (χ4v) is 4.74. The molecular formula is C19H23N3OS. The van der Waals surface area contributed by atoms with E-state index in [1.165, 1.54) is 10.4 Å². The van der Waals surface area contributed by atoms with Crippen LogP contribution < -0.4 is 0 Å². The van der Waals surface area contributed by atoms with Gasteiger partial charge >= 0.3 is 0 Å². The Bertz CT molecular complexity index is 703. The lowest BCUT2D eigenvalue weighted by molar-refractivity contribution is -0.168. The molecule has 0 aliphatic carbocycles. The number of thiazole rings is 1. The summed E-state index contributed by atoms with van der Waals surface area (Å²) in [6.07, 6.45) is 4.01. The number of likely N-dealkylation sites (tertiary alicyclic amines) is 2. The Labute approximate surface area is 147 Å². The second kappa shape index (κ2) is 6.30. The quantitative estimate of drug-likeness (QED) is 0.801. The third-order valence-electron chi connectivity index (χ3n) is 5.50. The number of aromatic nitrogens is 1. The predicted octanol–water partition coefficient (Wildman–Crippen LogP) is 3.33. The number of hydrogen-bond acceptors (Lipinski definition) is 4. The Balaban J connectivity index is 1.43. The first kappa shape index (κ1) is 15.8. The molecule has 4 nitrogen and oxygen atoms in total. The number of β-lactam (4-membered cyclic amide) rings is 1. The summed E-state index contributed by atoms with van der Waals surface area (Å²) in [4.78, 5) is 22.6. The molecule has 4 rings (SSSR count). The number of rotatable bonds is 4. The van der Waals surface area contributed by atoms with Gasteiger partial charge in [0.1, 0.15) is 0 Å². The van der Waals surface area contributed by atoms with Gasteiger partial charge < -0.3 is 4.90 Å². The van der Waals surface area contributed by atoms with Gasteiger partial charge in [0.05, 0.1) is 17.5 Å². The Morgan fingerprint density at radius 2 is 2.12 bits per heavy atom. The number of benzene rings is 1. The van der Waals surface area contributed by atoms with Crippen molar-refractivity contribution in [2.45, 2.75) is 32.4 Å². The van der Waals surface area contributed by atoms with Crippen LogP contribution in [0.2, 0.25) is 0 Å². The molecular weight excluding hydrogens is 318 g/mol. The van der Waals surface area contributed by atoms with E-state index in [1.807, 2.05) is 16.6 Å². The molecule has 2 atom stereocenters. The zero-order valence-corrected chi connectivity index (χ0v) is 14.8. The molecule has 24 heavy (non-hydrogen) atoms. The largest absolute Gasteiger partial charge is 0.336 e. The fraction of sp³-hybridized carbons (Fsp3) is 0.474. The van der Waals surface area contributed by atoms with Crippen molar-refractivity contribution < 1.29 is 4.79 Å². The zero-order chi connectivity index (χ0) is 16.6. The lowest BCUT2D eigenvalue weighted by Gasteiger charge is -2.54. The van der Waals surface area contributed by atoms with Gasteiger partial charge in [-0.1, -0.05) is 30.3 Å². The molecule has 0 unspecified atom stereocenters. The predicted molar refractivity (Wildman–Crippen MR) is 95.6 cm³/mol. The lowest BCUT2D eigenvalue weighted by Crippen LogP contribution is -2.66. The molecule has 5 heteroatoms. The van der Waals surface area contributed by atoms with Crippen molar-refractivity contribution in [3.8, 4) is 0 Å². The van der Waals surface area contributed by atoms with Crippen LogP contribution in [0.25, 0.3) is 0 Å². The Hall–Kier alpha value is -1.72. The second-order valence-electron chi connectivity index (χ2n) is 7.07. The van der Waals surface area contributed by atoms with Crippen LogP contribution in [-0.4, -0.2) is 40.3 Å². The first-order chi connectivity index (χ1) is 11.7. The molecule has 0 N–H and O–H groups in total. The normalized spacial score (nSPS) is 25.7. The average Bonchev–Trinajstić information content (AvgIpc) is 3.15. The second-order valence-corrected chi connectivity index (χ2v) is 8.04. The average molecular weight is 341 g/mol. The highest BCUT2D eigenvalue weighted by molar-refractivity contribution is 7.09. The van der Waals surface area contributed by atoms with Crippen LogP contribution in [0.3, 0.4) is 0 Å². The van der Waals surface area contributed by atoms with E-state index >= 15 is 0 Å². The number of nitrogens with zero attached hydrogens (tertiary/aromatic N) is 3. The Kier molecular flexibility index (Phi) is 4.14. The molecule has 1 aromatic carbocycles. The summed E-state index contributed by atoms with van der Waals surface area (Å²) in [5, 5.41) is 0. The topological polar surface area (TPSA) is 36.4 Å². The van der Waals surface area contributed by atoms with Crippen molar-refractivity contribution in [3.63, 3.8) is 0 Å². The van der Waals surface area contributed by atoms with Gasteiger partial charge in [0.2, 0.25) is 5.91 Å². The van der Waals surface area contributed by atoms with E-state index in [1.54, 1.807) is 11.3 Å². The molecule has 3 heterocycles. The standard InChI is InChI=1S/C19H23N3OS/c1-15(16-6-3-2-4-7-16)21-9-5-8-19(12-21)13-22(18(19)23)11-17-10-20-14-24-17/h2-4,6-7,10,14-15H,5,8-9,11-13H2,1H3/t15-,19+/m0/s1. The van der Waals surface area contributed by atoms with Crippen LogP contribution >= 0.6 is 11.3 Å². The van der Waals surface area contributed by atoms with Crippen LogP contribution in [0.5, 0.6) is 0 Å². The summed E-state index contributed by atoms with van der Waals surface area (Å²) in [6.45, 7) is 5.84. The monoisotopic (exact) mass is 341 g/mol. The molecule has 0 saturated carbocycles. The highest BCUT2D eigenvalue weighted by atomic mass is 32.1. The van der Waals surface area contributed by atoms with Gasteiger partial charge in [0.15, 0.2) is 0 Å². The van der Waals surface area contributed by atoms with Crippen LogP contribution in [0.15, 0.2) is 42.0 Å². The van der Waals surface area contributed by atoms with Crippen LogP contribution in [0, 0.1) is 5.41 Å². The number of piperidine rings is 1. The van der Waals surface area contributed by atoms with Crippen molar-refractivity contribution >= 4 is 17.2 Å². The van der Waals surface area contributed by atoms with E-state index in [-0.39, 0.29) is 5.41 Å². The number of carbonyl (C=O) groups excluding carboxylic acids is 1. The molecule has 1 spiro atoms. The highest BCUT2D eigenvalue weighted by Crippen LogP contribution is 2.43. The van der Waals surface area contributed by atoms with E-state index in [0.29, 0.717) is 11.9 Å². The van der Waals surface area contributed by atoms with Gasteiger partial charge in [-0.25, -0.2) is 0 Å². The smallest absolute Gasteiger partial charge is 0.232 e. The maximum atomic E-state index is 12.9. The van der Waals surface area contributed by atoms with Crippen molar-refractivity contribution in [2.75, 3.05) is 19.6 Å². The summed E-state index contributed by atoms with van der Waals surface area (Å²) in [7, 11) is 0. The first-order valence-electron chi connectivity index (χ1n) is 8.64. The van der Waals surface area contributed by atoms with Gasteiger partial charge in [0, 0.05) is 30.2 Å². The Morgan fingerprint density at radius 1 is 1.29 bits per heavy atom. The van der Waals surface area contributed by atoms with Crippen molar-refractivity contribution in [1.29, 1.82) is 0 Å². The van der Waals surface area contributed by atoms with E-state index in [9.17, 15) is 4.79 Å². The molecule has 2 aliphatic rings. The van der Waals surface area contributed by atoms with E-state index in [0.717, 1.165) is 39.0 Å². The zero-order valence-electron chi connectivity index (χ0n) is 14.0. The van der Waals surface area contributed by atoms with Crippen LogP contribution in [-0.2, 0) is 11.3 Å². The van der Waals surface area contributed by atoms with Crippen LogP contribution in [0.4, 0.5) is 0 Å². The number of hydrogen-bond donors (Lipinski definition) is 0. The summed E-state index contributed by atoms with van der Waals surface area (Å²) in [5.74, 6) is 0.334. The van der Waals surface area contributed by atoms with Crippen molar-refractivity contribution in [2.24, 2.45) is 5.41 Å². The van der Waals surface area contributed by atoms with Gasteiger partial charge in [-0.3, -0.25) is 14.7 Å². The number of amides is 1. The van der Waals surface area contributed by atoms with Gasteiger partial charge in [-0.2, -0.15) is 0 Å². The molecule has 2 fully saturated rings. The minimum atomic E-state index is -0.147. The maximum absolute atomic E-state index is 12.9. The molecule has 1 aromatic heterocycles. The Morgan fingerprint density at radius 3 is 2.83 bits per heavy atom. The molecule has 2 aromatic rings. The molecule has 2 aliphatic heterocycles. The van der Waals surface area contributed by atoms with Gasteiger partial charge in [0.25, 0.3) is 0 Å². The molecule has 126 valence electrons. The van der Waals surface area contributed by atoms with Crippen molar-refractivity contribution in [1.82, 2.24) is 14.8 Å². The lowest BCUT2D eigenvalue weighted by atomic mass is 9.72. The first-order valence-corrected chi connectivity index (χ1v) is 9.52. The third-order valence-corrected chi connectivity index (χ3v) is 6.27. The summed E-state index contributed by atoms with van der Waals surface area (Å²) >= 11 is 1.62. The molecule has 0 bridgehead atoms. The highest BCUT2D eigenvalue weighted by Gasteiger charge is 2.53. The molecule has 2 saturated heterocycles. The van der Waals surface area contributed by atoms with Crippen LogP contribution in [0.1, 0.15) is 36.2 Å². The molecule has 1 amide bonds. The number of carbonyl (C=O) groups is 1. The van der Waals surface area contributed by atoms with Gasteiger partial charge in [-0.05, 0) is 31.9 Å². The van der Waals surface area contributed by atoms with E-state index in [2.05, 4.69) is 47.1 Å². The minimum absolute atomic E-state index is 0.147. The van der Waals surface area contributed by atoms with E-state index in [4.69, 9.17) is 0 Å². The molecule has 0 radical (unpaired) electrons. The minimum Gasteiger partial charge on any atom is -0.336 e. The third kappa shape index (κ3) is 2.76. The summed E-state index contributed by atoms with van der Waals surface area (Å²) in [5.41, 5.74) is 3.02. The summed E-state index contributed by atoms with van der Waals surface area (Å²) < 4.78 is 0. The summed E-state index contributed by atoms with van der Waals surface area (Å²) in [6, 6.07) is 11.0. The fourth-order valence-electron chi connectivity index (χ4n) is 4.13. The van der Waals surface area contributed by atoms with E-state index < -0.39 is 0 Å². The SMILES string of the molecule is C[C@@H](c1ccccc1)N1CCC[C@]2(CN(Cc3cncs3)C2=O)C1. The maximum Gasteiger partial charge on any atom is 0.232 e.